The lowest BCUT2D eigenvalue weighted by molar-refractivity contribution is 0.526. The van der Waals surface area contributed by atoms with E-state index in [1.165, 1.54) is 6.42 Å². The largest absolute Gasteiger partial charge is 0.330 e. The number of nitrogens with two attached hydrogens (primary N) is 1. The van der Waals surface area contributed by atoms with E-state index < -0.39 is 0 Å². The van der Waals surface area contributed by atoms with Gasteiger partial charge in [0, 0.05) is 5.25 Å². The van der Waals surface area contributed by atoms with Crippen molar-refractivity contribution in [3.8, 4) is 0 Å². The second-order valence-corrected chi connectivity index (χ2v) is 3.95. The fourth-order valence-corrected chi connectivity index (χ4v) is 2.41. The second kappa shape index (κ2) is 4.62. The molecule has 2 unspecified atom stereocenters. The van der Waals surface area contributed by atoms with Crippen LogP contribution in [0.3, 0.4) is 0 Å². The maximum atomic E-state index is 5.65. The van der Waals surface area contributed by atoms with E-state index in [0.29, 0.717) is 11.2 Å². The summed E-state index contributed by atoms with van der Waals surface area (Å²) in [5, 5.41) is 2.88. The molecule has 0 fully saturated rings. The maximum Gasteiger partial charge on any atom is 0.0166 e. The van der Waals surface area contributed by atoms with Crippen molar-refractivity contribution < 1.29 is 0 Å². The molecule has 0 bridgehead atoms. The molecule has 1 aliphatic rings. The van der Waals surface area contributed by atoms with E-state index in [2.05, 4.69) is 18.1 Å². The number of hydrogen-bond acceptors (Lipinski definition) is 2. The molecule has 0 saturated heterocycles. The average Bonchev–Trinajstić information content (AvgIpc) is 2.52. The van der Waals surface area contributed by atoms with Crippen molar-refractivity contribution in [2.75, 3.05) is 6.54 Å². The molecule has 0 aliphatic carbocycles. The molecule has 2 atom stereocenters. The summed E-state index contributed by atoms with van der Waals surface area (Å²) in [5.74, 6) is 0.618. The fraction of sp³-hybridized carbons (Fsp3) is 0.556. The van der Waals surface area contributed by atoms with Crippen LogP contribution in [-0.2, 0) is 0 Å². The van der Waals surface area contributed by atoms with Crippen LogP contribution < -0.4 is 5.73 Å². The van der Waals surface area contributed by atoms with Crippen LogP contribution in [0.15, 0.2) is 24.1 Å². The van der Waals surface area contributed by atoms with E-state index in [0.717, 1.165) is 13.0 Å². The van der Waals surface area contributed by atoms with Crippen molar-refractivity contribution in [1.82, 2.24) is 0 Å². The standard InChI is InChI=1S/C9H15NS/c1-2-4-8(7-10)9-5-3-6-11-9/h2-3,6,8-9H,1,4-5,7,10H2. The highest BCUT2D eigenvalue weighted by atomic mass is 32.2. The molecule has 0 saturated carbocycles. The Morgan fingerprint density at radius 2 is 2.64 bits per heavy atom. The SMILES string of the molecule is C=CCC(CN)C1CC=CS1. The number of thioether (sulfide) groups is 1. The van der Waals surface area contributed by atoms with Gasteiger partial charge in [0.25, 0.3) is 0 Å². The molecule has 0 spiro atoms. The zero-order chi connectivity index (χ0) is 8.10. The van der Waals surface area contributed by atoms with Crippen LogP contribution >= 0.6 is 11.8 Å². The number of hydrogen-bond donors (Lipinski definition) is 1. The molecule has 0 aromatic rings. The zero-order valence-corrected chi connectivity index (χ0v) is 7.52. The molecule has 0 radical (unpaired) electrons. The van der Waals surface area contributed by atoms with Crippen LogP contribution in [0.2, 0.25) is 0 Å². The summed E-state index contributed by atoms with van der Waals surface area (Å²) in [4.78, 5) is 0. The third-order valence-electron chi connectivity index (χ3n) is 2.02. The Bertz CT molecular complexity index is 146. The predicted octanol–water partition coefficient (Wildman–Crippen LogP) is 2.16. The Labute approximate surface area is 72.7 Å². The summed E-state index contributed by atoms with van der Waals surface area (Å²) in [5.41, 5.74) is 5.65. The Morgan fingerprint density at radius 3 is 3.09 bits per heavy atom. The van der Waals surface area contributed by atoms with Gasteiger partial charge in [0.15, 0.2) is 0 Å². The van der Waals surface area contributed by atoms with Gasteiger partial charge in [-0.15, -0.1) is 18.3 Å². The van der Waals surface area contributed by atoms with Crippen LogP contribution in [0.25, 0.3) is 0 Å². The molecule has 1 rings (SSSR count). The first-order valence-electron chi connectivity index (χ1n) is 4.00. The molecule has 0 amide bonds. The Kier molecular flexibility index (Phi) is 3.73. The normalized spacial score (nSPS) is 25.4. The first kappa shape index (κ1) is 8.88. The lowest BCUT2D eigenvalue weighted by atomic mass is 9.99. The van der Waals surface area contributed by atoms with Crippen molar-refractivity contribution in [3.63, 3.8) is 0 Å². The first-order valence-corrected chi connectivity index (χ1v) is 4.94. The van der Waals surface area contributed by atoms with E-state index in [4.69, 9.17) is 5.73 Å². The van der Waals surface area contributed by atoms with E-state index >= 15 is 0 Å². The summed E-state index contributed by atoms with van der Waals surface area (Å²) in [6, 6.07) is 0. The third kappa shape index (κ3) is 2.38. The Morgan fingerprint density at radius 1 is 1.82 bits per heavy atom. The highest BCUT2D eigenvalue weighted by Crippen LogP contribution is 2.31. The molecule has 1 heterocycles. The van der Waals surface area contributed by atoms with E-state index in [9.17, 15) is 0 Å². The second-order valence-electron chi connectivity index (χ2n) is 2.80. The van der Waals surface area contributed by atoms with Gasteiger partial charge in [0.2, 0.25) is 0 Å². The van der Waals surface area contributed by atoms with Gasteiger partial charge >= 0.3 is 0 Å². The summed E-state index contributed by atoms with van der Waals surface area (Å²) in [6.07, 6.45) is 6.42. The minimum absolute atomic E-state index is 0.618. The van der Waals surface area contributed by atoms with Crippen molar-refractivity contribution in [2.45, 2.75) is 18.1 Å². The van der Waals surface area contributed by atoms with Gasteiger partial charge in [-0.05, 0) is 30.7 Å². The molecule has 2 heteroatoms. The molecule has 2 N–H and O–H groups in total. The average molecular weight is 169 g/mol. The highest BCUT2D eigenvalue weighted by Gasteiger charge is 2.20. The van der Waals surface area contributed by atoms with Gasteiger partial charge < -0.3 is 5.73 Å². The van der Waals surface area contributed by atoms with Crippen molar-refractivity contribution in [1.29, 1.82) is 0 Å². The molecule has 0 aromatic heterocycles. The van der Waals surface area contributed by atoms with Gasteiger partial charge in [0.05, 0.1) is 0 Å². The van der Waals surface area contributed by atoms with Crippen LogP contribution in [0, 0.1) is 5.92 Å². The summed E-state index contributed by atoms with van der Waals surface area (Å²) in [6.45, 7) is 4.52. The molecule has 0 aromatic carbocycles. The summed E-state index contributed by atoms with van der Waals surface area (Å²) < 4.78 is 0. The van der Waals surface area contributed by atoms with Crippen molar-refractivity contribution in [2.24, 2.45) is 11.7 Å². The van der Waals surface area contributed by atoms with Crippen LogP contribution in [0.1, 0.15) is 12.8 Å². The third-order valence-corrected chi connectivity index (χ3v) is 3.29. The molecular formula is C9H15NS. The van der Waals surface area contributed by atoms with Crippen LogP contribution in [0.4, 0.5) is 0 Å². The van der Waals surface area contributed by atoms with Gasteiger partial charge in [-0.25, -0.2) is 0 Å². The predicted molar refractivity (Wildman–Crippen MR) is 52.5 cm³/mol. The monoisotopic (exact) mass is 169 g/mol. The van der Waals surface area contributed by atoms with Gasteiger partial charge in [-0.2, -0.15) is 0 Å². The Balaban J connectivity index is 2.34. The van der Waals surface area contributed by atoms with Gasteiger partial charge in [-0.1, -0.05) is 12.2 Å². The van der Waals surface area contributed by atoms with Crippen molar-refractivity contribution in [3.05, 3.63) is 24.1 Å². The molecule has 62 valence electrons. The van der Waals surface area contributed by atoms with Gasteiger partial charge in [-0.3, -0.25) is 0 Å². The number of rotatable bonds is 4. The van der Waals surface area contributed by atoms with E-state index in [-0.39, 0.29) is 0 Å². The molecule has 1 aliphatic heterocycles. The minimum Gasteiger partial charge on any atom is -0.330 e. The highest BCUT2D eigenvalue weighted by molar-refractivity contribution is 8.03. The lowest BCUT2D eigenvalue weighted by Gasteiger charge is -2.18. The topological polar surface area (TPSA) is 26.0 Å². The van der Waals surface area contributed by atoms with Crippen LogP contribution in [-0.4, -0.2) is 11.8 Å². The Hall–Kier alpha value is -0.210. The van der Waals surface area contributed by atoms with Gasteiger partial charge in [0.1, 0.15) is 0 Å². The van der Waals surface area contributed by atoms with E-state index in [1.54, 1.807) is 0 Å². The quantitative estimate of drug-likeness (QED) is 0.653. The molecule has 11 heavy (non-hydrogen) atoms. The molecule has 1 nitrogen and oxygen atoms in total. The number of allylic oxidation sites excluding steroid dienone is 2. The lowest BCUT2D eigenvalue weighted by Crippen LogP contribution is -2.23. The van der Waals surface area contributed by atoms with Crippen LogP contribution in [0.5, 0.6) is 0 Å². The smallest absolute Gasteiger partial charge is 0.0166 e. The summed E-state index contributed by atoms with van der Waals surface area (Å²) >= 11 is 1.91. The molecular weight excluding hydrogens is 154 g/mol. The maximum absolute atomic E-state index is 5.65. The summed E-state index contributed by atoms with van der Waals surface area (Å²) in [7, 11) is 0. The zero-order valence-electron chi connectivity index (χ0n) is 6.70. The van der Waals surface area contributed by atoms with E-state index in [1.807, 2.05) is 17.8 Å². The first-order chi connectivity index (χ1) is 5.38. The fourth-order valence-electron chi connectivity index (χ4n) is 1.32. The van der Waals surface area contributed by atoms with Crippen molar-refractivity contribution >= 4 is 11.8 Å². The minimum atomic E-state index is 0.618.